The van der Waals surface area contributed by atoms with Crippen LogP contribution in [-0.2, 0) is 17.6 Å². The largest absolute Gasteiger partial charge is 0.486 e. The molecular weight excluding hydrogens is 255 g/mol. The smallest absolute Gasteiger partial charge is 0.174 e. The van der Waals surface area contributed by atoms with Gasteiger partial charge in [-0.15, -0.1) is 0 Å². The SMILES string of the molecule is CCc1ccc(OCC(=O)Cc2ccc(F)cc2)cc1. The summed E-state index contributed by atoms with van der Waals surface area (Å²) in [5, 5.41) is 0. The van der Waals surface area contributed by atoms with Gasteiger partial charge < -0.3 is 4.74 Å². The molecule has 0 spiro atoms. The van der Waals surface area contributed by atoms with Crippen molar-refractivity contribution in [1.29, 1.82) is 0 Å². The molecule has 0 N–H and O–H groups in total. The van der Waals surface area contributed by atoms with Gasteiger partial charge in [0.15, 0.2) is 5.78 Å². The van der Waals surface area contributed by atoms with Gasteiger partial charge >= 0.3 is 0 Å². The van der Waals surface area contributed by atoms with Gasteiger partial charge in [0.05, 0.1) is 0 Å². The Morgan fingerprint density at radius 3 is 2.20 bits per heavy atom. The van der Waals surface area contributed by atoms with E-state index in [1.165, 1.54) is 17.7 Å². The molecule has 3 heteroatoms. The van der Waals surface area contributed by atoms with Gasteiger partial charge in [0.2, 0.25) is 0 Å². The molecule has 0 bridgehead atoms. The molecule has 0 saturated carbocycles. The molecule has 2 rings (SSSR count). The second-order valence-corrected chi connectivity index (χ2v) is 4.63. The van der Waals surface area contributed by atoms with Crippen molar-refractivity contribution in [3.05, 3.63) is 65.5 Å². The number of halogens is 1. The van der Waals surface area contributed by atoms with E-state index in [1.807, 2.05) is 24.3 Å². The number of aryl methyl sites for hydroxylation is 1. The molecule has 104 valence electrons. The van der Waals surface area contributed by atoms with E-state index in [4.69, 9.17) is 4.74 Å². The molecule has 20 heavy (non-hydrogen) atoms. The van der Waals surface area contributed by atoms with E-state index in [0.29, 0.717) is 5.75 Å². The maximum Gasteiger partial charge on any atom is 0.174 e. The molecule has 0 atom stereocenters. The maximum atomic E-state index is 12.7. The van der Waals surface area contributed by atoms with E-state index < -0.39 is 0 Å². The number of ether oxygens (including phenoxy) is 1. The van der Waals surface area contributed by atoms with Crippen LogP contribution in [-0.4, -0.2) is 12.4 Å². The van der Waals surface area contributed by atoms with Gasteiger partial charge in [0.25, 0.3) is 0 Å². The number of ketones is 1. The first-order valence-electron chi connectivity index (χ1n) is 6.65. The zero-order valence-electron chi connectivity index (χ0n) is 11.4. The first-order chi connectivity index (χ1) is 9.67. The lowest BCUT2D eigenvalue weighted by molar-refractivity contribution is -0.120. The molecule has 0 aliphatic rings. The summed E-state index contributed by atoms with van der Waals surface area (Å²) in [6, 6.07) is 13.6. The fraction of sp³-hybridized carbons (Fsp3) is 0.235. The Balaban J connectivity index is 1.83. The molecular formula is C17H17FO2. The van der Waals surface area contributed by atoms with Crippen LogP contribution in [0.2, 0.25) is 0 Å². The summed E-state index contributed by atoms with van der Waals surface area (Å²) >= 11 is 0. The summed E-state index contributed by atoms with van der Waals surface area (Å²) in [7, 11) is 0. The third-order valence-corrected chi connectivity index (χ3v) is 3.05. The molecule has 0 saturated heterocycles. The molecule has 0 aliphatic heterocycles. The number of hydrogen-bond acceptors (Lipinski definition) is 2. The minimum absolute atomic E-state index is 0.0306. The Labute approximate surface area is 118 Å². The van der Waals surface area contributed by atoms with Crippen LogP contribution in [0, 0.1) is 5.82 Å². The second-order valence-electron chi connectivity index (χ2n) is 4.63. The molecule has 2 aromatic carbocycles. The lowest BCUT2D eigenvalue weighted by atomic mass is 10.1. The highest BCUT2D eigenvalue weighted by molar-refractivity contribution is 5.82. The Morgan fingerprint density at radius 2 is 1.60 bits per heavy atom. The summed E-state index contributed by atoms with van der Waals surface area (Å²) in [4.78, 5) is 11.8. The highest BCUT2D eigenvalue weighted by atomic mass is 19.1. The van der Waals surface area contributed by atoms with Crippen molar-refractivity contribution in [2.24, 2.45) is 0 Å². The zero-order chi connectivity index (χ0) is 14.4. The third-order valence-electron chi connectivity index (χ3n) is 3.05. The van der Waals surface area contributed by atoms with Crippen LogP contribution in [0.5, 0.6) is 5.75 Å². The van der Waals surface area contributed by atoms with Crippen molar-refractivity contribution in [3.63, 3.8) is 0 Å². The van der Waals surface area contributed by atoms with Crippen molar-refractivity contribution < 1.29 is 13.9 Å². The third kappa shape index (κ3) is 4.19. The van der Waals surface area contributed by atoms with Gasteiger partial charge in [-0.2, -0.15) is 0 Å². The van der Waals surface area contributed by atoms with Crippen molar-refractivity contribution in [1.82, 2.24) is 0 Å². The van der Waals surface area contributed by atoms with E-state index in [2.05, 4.69) is 6.92 Å². The summed E-state index contributed by atoms with van der Waals surface area (Å²) in [6.07, 6.45) is 1.23. The fourth-order valence-corrected chi connectivity index (χ4v) is 1.87. The van der Waals surface area contributed by atoms with Gasteiger partial charge in [-0.3, -0.25) is 4.79 Å². The van der Waals surface area contributed by atoms with Crippen LogP contribution in [0.4, 0.5) is 4.39 Å². The van der Waals surface area contributed by atoms with Crippen LogP contribution >= 0.6 is 0 Å². The van der Waals surface area contributed by atoms with Crippen LogP contribution in [0.1, 0.15) is 18.1 Å². The number of carbonyl (C=O) groups is 1. The standard InChI is InChI=1S/C17H17FO2/c1-2-13-5-9-17(10-6-13)20-12-16(19)11-14-3-7-15(18)8-4-14/h3-10H,2,11-12H2,1H3. The summed E-state index contributed by atoms with van der Waals surface area (Å²) < 4.78 is 18.2. The van der Waals surface area contributed by atoms with E-state index in [9.17, 15) is 9.18 Å². The molecule has 2 aromatic rings. The molecule has 2 nitrogen and oxygen atoms in total. The predicted molar refractivity (Wildman–Crippen MR) is 76.4 cm³/mol. The van der Waals surface area contributed by atoms with Crippen molar-refractivity contribution >= 4 is 5.78 Å². The highest BCUT2D eigenvalue weighted by Crippen LogP contribution is 2.12. The molecule has 0 fully saturated rings. The Morgan fingerprint density at radius 1 is 1.00 bits per heavy atom. The van der Waals surface area contributed by atoms with Gasteiger partial charge in [0, 0.05) is 6.42 Å². The van der Waals surface area contributed by atoms with E-state index in [1.54, 1.807) is 12.1 Å². The first kappa shape index (κ1) is 14.3. The first-order valence-corrected chi connectivity index (χ1v) is 6.65. The molecule has 0 aromatic heterocycles. The monoisotopic (exact) mass is 272 g/mol. The minimum atomic E-state index is -0.298. The molecule has 0 radical (unpaired) electrons. The number of benzene rings is 2. The summed E-state index contributed by atoms with van der Waals surface area (Å²) in [6.45, 7) is 2.12. The molecule has 0 amide bonds. The van der Waals surface area contributed by atoms with Crippen molar-refractivity contribution in [3.8, 4) is 5.75 Å². The topological polar surface area (TPSA) is 26.3 Å². The second kappa shape index (κ2) is 6.85. The normalized spacial score (nSPS) is 10.3. The number of Topliss-reactive ketones (excluding diaryl/α,β-unsaturated/α-hetero) is 1. The van der Waals surface area contributed by atoms with E-state index in [0.717, 1.165) is 12.0 Å². The fourth-order valence-electron chi connectivity index (χ4n) is 1.87. The quantitative estimate of drug-likeness (QED) is 0.803. The Hall–Kier alpha value is -2.16. The molecule has 0 aliphatic carbocycles. The highest BCUT2D eigenvalue weighted by Gasteiger charge is 2.05. The number of hydrogen-bond donors (Lipinski definition) is 0. The number of rotatable bonds is 6. The van der Waals surface area contributed by atoms with E-state index in [-0.39, 0.29) is 24.6 Å². The average molecular weight is 272 g/mol. The zero-order valence-corrected chi connectivity index (χ0v) is 11.4. The van der Waals surface area contributed by atoms with Gasteiger partial charge in [-0.05, 0) is 41.8 Å². The Bertz CT molecular complexity index is 559. The predicted octanol–water partition coefficient (Wildman–Crippen LogP) is 3.58. The lowest BCUT2D eigenvalue weighted by Crippen LogP contribution is -2.13. The van der Waals surface area contributed by atoms with Crippen LogP contribution in [0.25, 0.3) is 0 Å². The van der Waals surface area contributed by atoms with Crippen LogP contribution in [0.15, 0.2) is 48.5 Å². The van der Waals surface area contributed by atoms with Crippen molar-refractivity contribution in [2.45, 2.75) is 19.8 Å². The Kier molecular flexibility index (Phi) is 4.88. The average Bonchev–Trinajstić information content (AvgIpc) is 2.48. The summed E-state index contributed by atoms with van der Waals surface area (Å²) in [5.41, 5.74) is 2.02. The van der Waals surface area contributed by atoms with Gasteiger partial charge in [0.1, 0.15) is 18.2 Å². The van der Waals surface area contributed by atoms with Gasteiger partial charge in [-0.25, -0.2) is 4.39 Å². The van der Waals surface area contributed by atoms with Crippen LogP contribution < -0.4 is 4.74 Å². The van der Waals surface area contributed by atoms with E-state index >= 15 is 0 Å². The minimum Gasteiger partial charge on any atom is -0.486 e. The van der Waals surface area contributed by atoms with Gasteiger partial charge in [-0.1, -0.05) is 31.2 Å². The number of carbonyl (C=O) groups excluding carboxylic acids is 1. The lowest BCUT2D eigenvalue weighted by Gasteiger charge is -2.06. The molecule has 0 unspecified atom stereocenters. The maximum absolute atomic E-state index is 12.7. The summed E-state index contributed by atoms with van der Waals surface area (Å²) in [5.74, 6) is 0.360. The molecule has 0 heterocycles. The van der Waals surface area contributed by atoms with Crippen molar-refractivity contribution in [2.75, 3.05) is 6.61 Å². The van der Waals surface area contributed by atoms with Crippen LogP contribution in [0.3, 0.4) is 0 Å².